The summed E-state index contributed by atoms with van der Waals surface area (Å²) in [6.07, 6.45) is 8.21. The van der Waals surface area contributed by atoms with E-state index in [0.29, 0.717) is 24.3 Å². The molecule has 0 bridgehead atoms. The van der Waals surface area contributed by atoms with Crippen LogP contribution >= 0.6 is 11.3 Å². The monoisotopic (exact) mass is 327 g/mol. The van der Waals surface area contributed by atoms with Gasteiger partial charge in [0.1, 0.15) is 0 Å². The zero-order valence-electron chi connectivity index (χ0n) is 12.8. The summed E-state index contributed by atoms with van der Waals surface area (Å²) in [6, 6.07) is 6.37. The number of esters is 1. The number of rotatable bonds is 6. The van der Waals surface area contributed by atoms with E-state index in [4.69, 9.17) is 11.2 Å². The van der Waals surface area contributed by atoms with Crippen molar-refractivity contribution in [2.24, 2.45) is 0 Å². The minimum absolute atomic E-state index is 0.320. The lowest BCUT2D eigenvalue weighted by Gasteiger charge is -2.05. The number of carbonyl (C=O) groups is 1. The molecule has 0 amide bonds. The van der Waals surface area contributed by atoms with Gasteiger partial charge in [-0.15, -0.1) is 12.3 Å². The highest BCUT2D eigenvalue weighted by Crippen LogP contribution is 2.17. The molecule has 0 aliphatic carbocycles. The number of benzene rings is 1. The summed E-state index contributed by atoms with van der Waals surface area (Å²) >= 11 is 1.54. The molecule has 0 spiro atoms. The van der Waals surface area contributed by atoms with Crippen molar-refractivity contribution in [1.29, 1.82) is 0 Å². The fourth-order valence-electron chi connectivity index (χ4n) is 2.02. The van der Waals surface area contributed by atoms with Gasteiger partial charge in [-0.3, -0.25) is 0 Å². The summed E-state index contributed by atoms with van der Waals surface area (Å²) in [4.78, 5) is 11.6. The quantitative estimate of drug-likeness (QED) is 0.203. The predicted molar refractivity (Wildman–Crippen MR) is 92.3 cm³/mol. The zero-order chi connectivity index (χ0) is 16.7. The Labute approximate surface area is 139 Å². The maximum atomic E-state index is 12.3. The van der Waals surface area contributed by atoms with Crippen molar-refractivity contribution in [3.8, 4) is 12.3 Å². The minimum Gasteiger partial charge on any atom is -0.618 e. The van der Waals surface area contributed by atoms with Gasteiger partial charge in [0.2, 0.25) is 5.69 Å². The second-order valence-electron chi connectivity index (χ2n) is 4.78. The first kappa shape index (κ1) is 16.8. The number of thiophene rings is 1. The van der Waals surface area contributed by atoms with E-state index in [1.54, 1.807) is 31.2 Å². The van der Waals surface area contributed by atoms with Crippen molar-refractivity contribution >= 4 is 29.2 Å². The summed E-state index contributed by atoms with van der Waals surface area (Å²) in [7, 11) is 0. The molecule has 0 aliphatic rings. The second kappa shape index (κ2) is 8.16. The number of ether oxygens (including phenoxy) is 1. The zero-order valence-corrected chi connectivity index (χ0v) is 13.6. The first-order chi connectivity index (χ1) is 11.2. The van der Waals surface area contributed by atoms with Crippen LogP contribution in [0.25, 0.3) is 0 Å². The van der Waals surface area contributed by atoms with Gasteiger partial charge in [-0.2, -0.15) is 16.1 Å². The molecule has 0 atom stereocenters. The predicted octanol–water partition coefficient (Wildman–Crippen LogP) is 3.75. The fourth-order valence-corrected chi connectivity index (χ4v) is 2.86. The first-order valence-electron chi connectivity index (χ1n) is 7.22. The van der Waals surface area contributed by atoms with E-state index in [1.165, 1.54) is 17.6 Å². The van der Waals surface area contributed by atoms with Gasteiger partial charge in [0.15, 0.2) is 6.21 Å². The average Bonchev–Trinajstić information content (AvgIpc) is 3.00. The molecule has 0 N–H and O–H groups in total. The largest absolute Gasteiger partial charge is 0.618 e. The van der Waals surface area contributed by atoms with Gasteiger partial charge < -0.3 is 9.94 Å². The van der Waals surface area contributed by atoms with Gasteiger partial charge in [0, 0.05) is 23.9 Å². The standard InChI is InChI=1S/C18H17NO3S/c1-3-5-6-15-12-23-13-16(15)11-19(21)17-9-7-14(8-10-17)18(20)22-4-2/h1,7-13H,4-6H2,2H3/b19-11-. The van der Waals surface area contributed by atoms with Gasteiger partial charge >= 0.3 is 5.97 Å². The average molecular weight is 327 g/mol. The highest BCUT2D eigenvalue weighted by molar-refractivity contribution is 7.08. The van der Waals surface area contributed by atoms with Crippen LogP contribution in [0.4, 0.5) is 5.69 Å². The summed E-state index contributed by atoms with van der Waals surface area (Å²) in [5.74, 6) is 2.21. The second-order valence-corrected chi connectivity index (χ2v) is 5.52. The summed E-state index contributed by atoms with van der Waals surface area (Å²) in [5, 5.41) is 16.2. The third kappa shape index (κ3) is 4.44. The maximum Gasteiger partial charge on any atom is 0.338 e. The highest BCUT2D eigenvalue weighted by Gasteiger charge is 2.10. The Morgan fingerprint density at radius 1 is 1.39 bits per heavy atom. The Hall–Kier alpha value is -2.58. The maximum absolute atomic E-state index is 12.3. The van der Waals surface area contributed by atoms with E-state index in [-0.39, 0.29) is 0 Å². The number of hydrogen-bond acceptors (Lipinski definition) is 4. The van der Waals surface area contributed by atoms with Crippen molar-refractivity contribution in [1.82, 2.24) is 0 Å². The Balaban J connectivity index is 2.17. The van der Waals surface area contributed by atoms with Gasteiger partial charge in [0.05, 0.1) is 17.7 Å². The van der Waals surface area contributed by atoms with E-state index < -0.39 is 5.97 Å². The molecule has 118 valence electrons. The molecule has 4 nitrogen and oxygen atoms in total. The van der Waals surface area contributed by atoms with Crippen LogP contribution < -0.4 is 0 Å². The van der Waals surface area contributed by atoms with Crippen LogP contribution in [0.2, 0.25) is 0 Å². The molecule has 0 aliphatic heterocycles. The fraction of sp³-hybridized carbons (Fsp3) is 0.222. The molecule has 1 aromatic heterocycles. The van der Waals surface area contributed by atoms with Crippen LogP contribution in [0.5, 0.6) is 0 Å². The van der Waals surface area contributed by atoms with Gasteiger partial charge in [0.25, 0.3) is 0 Å². The third-order valence-electron chi connectivity index (χ3n) is 3.20. The van der Waals surface area contributed by atoms with Crippen molar-refractivity contribution in [3.05, 3.63) is 56.9 Å². The molecule has 0 saturated heterocycles. The van der Waals surface area contributed by atoms with E-state index in [1.807, 2.05) is 10.8 Å². The van der Waals surface area contributed by atoms with Crippen molar-refractivity contribution in [3.63, 3.8) is 0 Å². The molecule has 0 saturated carbocycles. The lowest BCUT2D eigenvalue weighted by molar-refractivity contribution is -0.354. The van der Waals surface area contributed by atoms with E-state index in [0.717, 1.165) is 22.3 Å². The van der Waals surface area contributed by atoms with Crippen LogP contribution in [0.3, 0.4) is 0 Å². The van der Waals surface area contributed by atoms with E-state index in [9.17, 15) is 10.0 Å². The van der Waals surface area contributed by atoms with Crippen molar-refractivity contribution in [2.75, 3.05) is 6.61 Å². The van der Waals surface area contributed by atoms with Crippen LogP contribution in [0.15, 0.2) is 35.0 Å². The number of aryl methyl sites for hydroxylation is 1. The van der Waals surface area contributed by atoms with Crippen LogP contribution in [0, 0.1) is 17.6 Å². The lowest BCUT2D eigenvalue weighted by Crippen LogP contribution is -2.05. The van der Waals surface area contributed by atoms with Gasteiger partial charge in [-0.1, -0.05) is 0 Å². The summed E-state index contributed by atoms with van der Waals surface area (Å²) in [5.41, 5.74) is 2.81. The molecule has 1 heterocycles. The Bertz CT molecular complexity index is 738. The van der Waals surface area contributed by atoms with Crippen LogP contribution in [-0.2, 0) is 11.2 Å². The van der Waals surface area contributed by atoms with Crippen molar-refractivity contribution < 1.29 is 14.3 Å². The molecule has 2 aromatic rings. The lowest BCUT2D eigenvalue weighted by atomic mass is 10.1. The molecule has 0 radical (unpaired) electrons. The molecule has 0 unspecified atom stereocenters. The highest BCUT2D eigenvalue weighted by atomic mass is 32.1. The van der Waals surface area contributed by atoms with Crippen LogP contribution in [-0.4, -0.2) is 23.5 Å². The SMILES string of the molecule is C#CCCc1cscc1/C=[N+](\[O-])c1ccc(C(=O)OCC)cc1. The number of nitrogens with zero attached hydrogens (tertiary/aromatic N) is 1. The molecule has 2 rings (SSSR count). The minimum atomic E-state index is -0.394. The summed E-state index contributed by atoms with van der Waals surface area (Å²) < 4.78 is 5.70. The molecule has 23 heavy (non-hydrogen) atoms. The Kier molecular flexibility index (Phi) is 5.95. The number of terminal acetylenes is 1. The normalized spacial score (nSPS) is 11.0. The Morgan fingerprint density at radius 2 is 2.13 bits per heavy atom. The third-order valence-corrected chi connectivity index (χ3v) is 4.01. The van der Waals surface area contributed by atoms with Gasteiger partial charge in [-0.25, -0.2) is 4.79 Å². The van der Waals surface area contributed by atoms with Gasteiger partial charge in [-0.05, 0) is 36.4 Å². The van der Waals surface area contributed by atoms with Crippen LogP contribution in [0.1, 0.15) is 34.8 Å². The molecular formula is C18H17NO3S. The molecular weight excluding hydrogens is 310 g/mol. The number of carbonyl (C=O) groups excluding carboxylic acids is 1. The molecule has 1 aromatic carbocycles. The topological polar surface area (TPSA) is 52.4 Å². The van der Waals surface area contributed by atoms with Crippen molar-refractivity contribution in [2.45, 2.75) is 19.8 Å². The Morgan fingerprint density at radius 3 is 2.78 bits per heavy atom. The smallest absolute Gasteiger partial charge is 0.338 e. The number of hydrogen-bond donors (Lipinski definition) is 0. The summed E-state index contributed by atoms with van der Waals surface area (Å²) in [6.45, 7) is 2.07. The van der Waals surface area contributed by atoms with E-state index in [2.05, 4.69) is 5.92 Å². The van der Waals surface area contributed by atoms with E-state index >= 15 is 0 Å². The molecule has 0 fully saturated rings. The first-order valence-corrected chi connectivity index (χ1v) is 8.17. The molecule has 5 heteroatoms.